The van der Waals surface area contributed by atoms with Gasteiger partial charge in [0.1, 0.15) is 0 Å². The molecule has 0 aliphatic heterocycles. The van der Waals surface area contributed by atoms with Gasteiger partial charge < -0.3 is 5.32 Å². The van der Waals surface area contributed by atoms with Crippen molar-refractivity contribution in [3.63, 3.8) is 0 Å². The second-order valence-electron chi connectivity index (χ2n) is 6.14. The van der Waals surface area contributed by atoms with Gasteiger partial charge in [-0.3, -0.25) is 0 Å². The van der Waals surface area contributed by atoms with Crippen molar-refractivity contribution in [2.24, 2.45) is 5.41 Å². The maximum absolute atomic E-state index is 3.60. The fourth-order valence-corrected chi connectivity index (χ4v) is 3.92. The van der Waals surface area contributed by atoms with E-state index >= 15 is 0 Å². The SMILES string of the molecule is CCCc1ccc(C(NC)C2(CC)CCCC2)cc1. The van der Waals surface area contributed by atoms with Crippen LogP contribution in [0.25, 0.3) is 0 Å². The van der Waals surface area contributed by atoms with Crippen molar-refractivity contribution in [3.05, 3.63) is 35.4 Å². The summed E-state index contributed by atoms with van der Waals surface area (Å²) in [5.41, 5.74) is 3.44. The Morgan fingerprint density at radius 3 is 2.21 bits per heavy atom. The summed E-state index contributed by atoms with van der Waals surface area (Å²) in [6.07, 6.45) is 9.28. The first-order chi connectivity index (χ1) is 9.25. The van der Waals surface area contributed by atoms with Gasteiger partial charge in [0.2, 0.25) is 0 Å². The van der Waals surface area contributed by atoms with Crippen LogP contribution in [0.2, 0.25) is 0 Å². The molecule has 0 bridgehead atoms. The van der Waals surface area contributed by atoms with Crippen LogP contribution in [-0.2, 0) is 6.42 Å². The van der Waals surface area contributed by atoms with Crippen molar-refractivity contribution in [3.8, 4) is 0 Å². The summed E-state index contributed by atoms with van der Waals surface area (Å²) < 4.78 is 0. The Kier molecular flexibility index (Phi) is 5.04. The Labute approximate surface area is 118 Å². The van der Waals surface area contributed by atoms with Crippen LogP contribution in [0.1, 0.15) is 69.5 Å². The minimum absolute atomic E-state index is 0.487. The van der Waals surface area contributed by atoms with Gasteiger partial charge >= 0.3 is 0 Å². The summed E-state index contributed by atoms with van der Waals surface area (Å²) in [5, 5.41) is 3.60. The Balaban J connectivity index is 2.21. The first-order valence-electron chi connectivity index (χ1n) is 8.02. The molecule has 0 heterocycles. The second-order valence-corrected chi connectivity index (χ2v) is 6.14. The van der Waals surface area contributed by atoms with Crippen LogP contribution in [0.5, 0.6) is 0 Å². The van der Waals surface area contributed by atoms with E-state index in [0.29, 0.717) is 11.5 Å². The Bertz CT molecular complexity index is 373. The van der Waals surface area contributed by atoms with Crippen molar-refractivity contribution in [1.29, 1.82) is 0 Å². The molecule has 1 aliphatic carbocycles. The zero-order chi connectivity index (χ0) is 13.7. The second kappa shape index (κ2) is 6.56. The van der Waals surface area contributed by atoms with Crippen molar-refractivity contribution in [1.82, 2.24) is 5.32 Å². The maximum Gasteiger partial charge on any atom is 0.0374 e. The van der Waals surface area contributed by atoms with E-state index in [-0.39, 0.29) is 0 Å². The largest absolute Gasteiger partial charge is 0.313 e. The van der Waals surface area contributed by atoms with E-state index in [1.165, 1.54) is 56.1 Å². The van der Waals surface area contributed by atoms with Gasteiger partial charge in [-0.2, -0.15) is 0 Å². The number of rotatable bonds is 6. The quantitative estimate of drug-likeness (QED) is 0.768. The minimum atomic E-state index is 0.487. The number of nitrogens with one attached hydrogen (secondary N) is 1. The summed E-state index contributed by atoms with van der Waals surface area (Å²) >= 11 is 0. The zero-order valence-corrected chi connectivity index (χ0v) is 12.8. The Hall–Kier alpha value is -0.820. The summed E-state index contributed by atoms with van der Waals surface area (Å²) in [6.45, 7) is 4.61. The molecule has 0 saturated heterocycles. The smallest absolute Gasteiger partial charge is 0.0374 e. The van der Waals surface area contributed by atoms with E-state index in [1.54, 1.807) is 0 Å². The average molecular weight is 259 g/mol. The van der Waals surface area contributed by atoms with Crippen LogP contribution in [0.3, 0.4) is 0 Å². The molecule has 1 atom stereocenters. The lowest BCUT2D eigenvalue weighted by Crippen LogP contribution is -2.34. The van der Waals surface area contributed by atoms with Gasteiger partial charge in [0.05, 0.1) is 0 Å². The standard InChI is InChI=1S/C18H29N/c1-4-8-15-9-11-16(12-10-15)17(19-3)18(5-2)13-6-7-14-18/h9-12,17,19H,4-8,13-14H2,1-3H3. The summed E-state index contributed by atoms with van der Waals surface area (Å²) in [5.74, 6) is 0. The van der Waals surface area contributed by atoms with Crippen LogP contribution in [0.15, 0.2) is 24.3 Å². The molecule has 0 spiro atoms. The molecular weight excluding hydrogens is 230 g/mol. The molecule has 1 heteroatoms. The number of hydrogen-bond donors (Lipinski definition) is 1. The van der Waals surface area contributed by atoms with Gasteiger partial charge in [-0.25, -0.2) is 0 Å². The zero-order valence-electron chi connectivity index (χ0n) is 12.8. The van der Waals surface area contributed by atoms with Crippen molar-refractivity contribution in [2.45, 2.75) is 64.8 Å². The first kappa shape index (κ1) is 14.6. The summed E-state index contributed by atoms with van der Waals surface area (Å²) in [7, 11) is 2.13. The molecule has 1 aliphatic rings. The highest BCUT2D eigenvalue weighted by Crippen LogP contribution is 2.49. The fraction of sp³-hybridized carbons (Fsp3) is 0.667. The summed E-state index contributed by atoms with van der Waals surface area (Å²) in [4.78, 5) is 0. The molecule has 0 amide bonds. The topological polar surface area (TPSA) is 12.0 Å². The van der Waals surface area contributed by atoms with Crippen molar-refractivity contribution in [2.75, 3.05) is 7.05 Å². The third-order valence-electron chi connectivity index (χ3n) is 5.06. The lowest BCUT2D eigenvalue weighted by Gasteiger charge is -2.37. The monoisotopic (exact) mass is 259 g/mol. The molecule has 1 nitrogen and oxygen atoms in total. The normalized spacial score (nSPS) is 19.5. The molecule has 2 rings (SSSR count). The van der Waals surface area contributed by atoms with Crippen LogP contribution in [-0.4, -0.2) is 7.05 Å². The van der Waals surface area contributed by atoms with E-state index in [9.17, 15) is 0 Å². The predicted octanol–water partition coefficient (Wildman–Crippen LogP) is 4.87. The van der Waals surface area contributed by atoms with E-state index in [2.05, 4.69) is 50.5 Å². The molecule has 1 saturated carbocycles. The molecule has 1 N–H and O–H groups in total. The molecule has 1 aromatic carbocycles. The lowest BCUT2D eigenvalue weighted by molar-refractivity contribution is 0.195. The molecule has 106 valence electrons. The average Bonchev–Trinajstić information content (AvgIpc) is 2.92. The van der Waals surface area contributed by atoms with E-state index in [4.69, 9.17) is 0 Å². The van der Waals surface area contributed by atoms with Crippen molar-refractivity contribution >= 4 is 0 Å². The van der Waals surface area contributed by atoms with Gasteiger partial charge in [-0.1, -0.05) is 57.4 Å². The van der Waals surface area contributed by atoms with Gasteiger partial charge in [0.25, 0.3) is 0 Å². The van der Waals surface area contributed by atoms with Crippen molar-refractivity contribution < 1.29 is 0 Å². The van der Waals surface area contributed by atoms with Crippen LogP contribution in [0.4, 0.5) is 0 Å². The molecule has 0 radical (unpaired) electrons. The minimum Gasteiger partial charge on any atom is -0.313 e. The van der Waals surface area contributed by atoms with E-state index < -0.39 is 0 Å². The number of aryl methyl sites for hydroxylation is 1. The lowest BCUT2D eigenvalue weighted by atomic mass is 9.73. The highest BCUT2D eigenvalue weighted by atomic mass is 14.9. The number of hydrogen-bond acceptors (Lipinski definition) is 1. The van der Waals surface area contributed by atoms with E-state index in [0.717, 1.165) is 0 Å². The molecule has 1 aromatic rings. The highest BCUT2D eigenvalue weighted by molar-refractivity contribution is 5.27. The fourth-order valence-electron chi connectivity index (χ4n) is 3.92. The Morgan fingerprint density at radius 2 is 1.74 bits per heavy atom. The van der Waals surface area contributed by atoms with Gasteiger partial charge in [-0.05, 0) is 49.3 Å². The third kappa shape index (κ3) is 3.02. The molecular formula is C18H29N. The van der Waals surface area contributed by atoms with Gasteiger partial charge in [-0.15, -0.1) is 0 Å². The molecule has 1 unspecified atom stereocenters. The summed E-state index contributed by atoms with van der Waals surface area (Å²) in [6, 6.07) is 9.86. The van der Waals surface area contributed by atoms with Gasteiger partial charge in [0.15, 0.2) is 0 Å². The van der Waals surface area contributed by atoms with Gasteiger partial charge in [0, 0.05) is 6.04 Å². The highest BCUT2D eigenvalue weighted by Gasteiger charge is 2.39. The van der Waals surface area contributed by atoms with E-state index in [1.807, 2.05) is 0 Å². The third-order valence-corrected chi connectivity index (χ3v) is 5.06. The van der Waals surface area contributed by atoms with Crippen LogP contribution < -0.4 is 5.32 Å². The molecule has 1 fully saturated rings. The Morgan fingerprint density at radius 1 is 1.11 bits per heavy atom. The first-order valence-corrected chi connectivity index (χ1v) is 8.02. The maximum atomic E-state index is 3.60. The molecule has 0 aromatic heterocycles. The van der Waals surface area contributed by atoms with Crippen LogP contribution >= 0.6 is 0 Å². The van der Waals surface area contributed by atoms with Crippen LogP contribution in [0, 0.1) is 5.41 Å². The number of benzene rings is 1. The predicted molar refractivity (Wildman–Crippen MR) is 83.4 cm³/mol. The molecule has 19 heavy (non-hydrogen) atoms.